The van der Waals surface area contributed by atoms with Crippen molar-refractivity contribution in [3.63, 3.8) is 0 Å². The Labute approximate surface area is 340 Å². The molecule has 0 fully saturated rings. The summed E-state index contributed by atoms with van der Waals surface area (Å²) in [7, 11) is 0. The molecule has 0 aliphatic heterocycles. The minimum Gasteiger partial charge on any atom is -0.313 e. The normalized spacial score (nSPS) is 12.6. The molecule has 0 N–H and O–H groups in total. The molecular formula is C55H38N4. The van der Waals surface area contributed by atoms with Crippen LogP contribution in [-0.4, -0.2) is 18.3 Å². The molecule has 0 aliphatic carbocycles. The van der Waals surface area contributed by atoms with Gasteiger partial charge in [0.05, 0.1) is 44.1 Å². The van der Waals surface area contributed by atoms with Gasteiger partial charge in [0.2, 0.25) is 0 Å². The fourth-order valence-corrected chi connectivity index (χ4v) is 9.84. The van der Waals surface area contributed by atoms with Crippen molar-refractivity contribution in [2.24, 2.45) is 0 Å². The summed E-state index contributed by atoms with van der Waals surface area (Å²) in [6, 6.07) is 65.6. The lowest BCUT2D eigenvalue weighted by Crippen LogP contribution is -1.95. The quantitative estimate of drug-likeness (QED) is 0.151. The highest BCUT2D eigenvalue weighted by Crippen LogP contribution is 2.43. The Morgan fingerprint density at radius 2 is 0.797 bits per heavy atom. The zero-order valence-corrected chi connectivity index (χ0v) is 32.5. The molecule has 0 unspecified atom stereocenters. The summed E-state index contributed by atoms with van der Waals surface area (Å²) in [6.45, 7) is 6.96. The lowest BCUT2D eigenvalue weighted by Gasteiger charge is -2.11. The summed E-state index contributed by atoms with van der Waals surface area (Å²) in [5.74, 6) is 0. The van der Waals surface area contributed by atoms with E-state index in [0.717, 1.165) is 28.3 Å². The Morgan fingerprint density at radius 3 is 1.31 bits per heavy atom. The Balaban J connectivity index is 1.06. The second-order valence-corrected chi connectivity index (χ2v) is 15.5. The molecule has 0 spiro atoms. The molecule has 278 valence electrons. The van der Waals surface area contributed by atoms with Crippen molar-refractivity contribution in [3.05, 3.63) is 207 Å². The third-order valence-electron chi connectivity index (χ3n) is 12.2. The van der Waals surface area contributed by atoms with Crippen LogP contribution < -0.4 is 0 Å². The smallest absolute Gasteiger partial charge is 0.0641 e. The molecule has 0 saturated heterocycles. The number of rotatable bonds is 6. The van der Waals surface area contributed by atoms with Gasteiger partial charge >= 0.3 is 0 Å². The second-order valence-electron chi connectivity index (χ2n) is 15.5. The SMILES string of the molecule is C=C(/C=C\C=C(/C)n1c2ccccc2c2ccc3c(c4ccccc4n3-c3ccccc3)c21)n1c2ccccc2c2ccc3c(c4ccccc4n3-c3ccccc3)c21. The molecule has 0 bridgehead atoms. The molecule has 8 aromatic carbocycles. The number of nitrogens with zero attached hydrogens (tertiary/aromatic N) is 4. The monoisotopic (exact) mass is 754 g/mol. The highest BCUT2D eigenvalue weighted by Gasteiger charge is 2.22. The van der Waals surface area contributed by atoms with Crippen molar-refractivity contribution < 1.29 is 0 Å². The molecule has 0 radical (unpaired) electrons. The fourth-order valence-electron chi connectivity index (χ4n) is 9.84. The highest BCUT2D eigenvalue weighted by atomic mass is 15.0. The molecule has 4 aromatic heterocycles. The summed E-state index contributed by atoms with van der Waals surface area (Å²) >= 11 is 0. The first kappa shape index (κ1) is 33.3. The molecule has 0 atom stereocenters. The molecule has 0 amide bonds. The van der Waals surface area contributed by atoms with Crippen LogP contribution >= 0.6 is 0 Å². The van der Waals surface area contributed by atoms with Crippen LogP contribution in [0.1, 0.15) is 6.92 Å². The Morgan fingerprint density at radius 1 is 0.390 bits per heavy atom. The third kappa shape index (κ3) is 4.78. The van der Waals surface area contributed by atoms with Crippen molar-refractivity contribution in [1.29, 1.82) is 0 Å². The van der Waals surface area contributed by atoms with Gasteiger partial charge in [-0.2, -0.15) is 0 Å². The van der Waals surface area contributed by atoms with Crippen LogP contribution in [0.4, 0.5) is 0 Å². The van der Waals surface area contributed by atoms with Crippen molar-refractivity contribution in [1.82, 2.24) is 18.3 Å². The van der Waals surface area contributed by atoms with Crippen molar-refractivity contribution in [2.45, 2.75) is 6.92 Å². The van der Waals surface area contributed by atoms with Gasteiger partial charge in [-0.05, 0) is 79.7 Å². The van der Waals surface area contributed by atoms with Crippen molar-refractivity contribution in [3.8, 4) is 11.4 Å². The predicted molar refractivity (Wildman–Crippen MR) is 252 cm³/mol. The summed E-state index contributed by atoms with van der Waals surface area (Å²) in [6.07, 6.45) is 6.56. The molecule has 4 heterocycles. The summed E-state index contributed by atoms with van der Waals surface area (Å²) in [4.78, 5) is 0. The first-order valence-corrected chi connectivity index (χ1v) is 20.2. The van der Waals surface area contributed by atoms with Gasteiger partial charge in [0, 0.05) is 65.9 Å². The maximum Gasteiger partial charge on any atom is 0.0641 e. The number of hydrogen-bond acceptors (Lipinski definition) is 0. The molecule has 4 nitrogen and oxygen atoms in total. The van der Waals surface area contributed by atoms with Gasteiger partial charge in [0.15, 0.2) is 0 Å². The maximum atomic E-state index is 4.75. The first-order valence-electron chi connectivity index (χ1n) is 20.2. The van der Waals surface area contributed by atoms with E-state index >= 15 is 0 Å². The van der Waals surface area contributed by atoms with Crippen LogP contribution in [0.2, 0.25) is 0 Å². The number of benzene rings is 8. The van der Waals surface area contributed by atoms with Gasteiger partial charge in [-0.25, -0.2) is 0 Å². The van der Waals surface area contributed by atoms with Crippen LogP contribution in [0, 0.1) is 0 Å². The van der Waals surface area contributed by atoms with Crippen LogP contribution in [0.5, 0.6) is 0 Å². The van der Waals surface area contributed by atoms with Crippen LogP contribution in [-0.2, 0) is 0 Å². The first-order chi connectivity index (χ1) is 29.2. The summed E-state index contributed by atoms with van der Waals surface area (Å²) < 4.78 is 9.59. The topological polar surface area (TPSA) is 19.7 Å². The number of hydrogen-bond donors (Lipinski definition) is 0. The third-order valence-corrected chi connectivity index (χ3v) is 12.2. The zero-order valence-electron chi connectivity index (χ0n) is 32.5. The van der Waals surface area contributed by atoms with E-state index in [0.29, 0.717) is 0 Å². The van der Waals surface area contributed by atoms with E-state index < -0.39 is 0 Å². The van der Waals surface area contributed by atoms with E-state index in [2.05, 4.69) is 225 Å². The maximum absolute atomic E-state index is 4.75. The average Bonchev–Trinajstić information content (AvgIpc) is 4.02. The van der Waals surface area contributed by atoms with E-state index in [4.69, 9.17) is 6.58 Å². The predicted octanol–water partition coefficient (Wildman–Crippen LogP) is 14.7. The molecule has 0 aliphatic rings. The van der Waals surface area contributed by atoms with Gasteiger partial charge < -0.3 is 18.3 Å². The lowest BCUT2D eigenvalue weighted by atomic mass is 10.1. The minimum atomic E-state index is 0.903. The van der Waals surface area contributed by atoms with E-state index in [1.165, 1.54) is 81.7 Å². The van der Waals surface area contributed by atoms with Gasteiger partial charge in [0.1, 0.15) is 0 Å². The number of aromatic nitrogens is 4. The number of fused-ring (bicyclic) bond motifs is 14. The van der Waals surface area contributed by atoms with E-state index in [9.17, 15) is 0 Å². The fraction of sp³-hybridized carbons (Fsp3) is 0.0182. The largest absolute Gasteiger partial charge is 0.313 e. The van der Waals surface area contributed by atoms with Crippen LogP contribution in [0.25, 0.3) is 110 Å². The lowest BCUT2D eigenvalue weighted by molar-refractivity contribution is 1.18. The molecule has 12 aromatic rings. The van der Waals surface area contributed by atoms with E-state index in [1.807, 2.05) is 0 Å². The van der Waals surface area contributed by atoms with Crippen molar-refractivity contribution in [2.75, 3.05) is 0 Å². The standard InChI is InChI=1S/C55H38N4/c1-36(56-46-28-13-9-24-40(46)42-32-34-50-52(54(42)56)44-26-11-15-30-48(44)58(50)38-20-5-3-6-21-38)18-17-19-37(2)57-47-29-14-10-25-41(47)43-33-35-51-53(55(43)57)45-27-12-16-31-49(45)59(51)39-22-7-4-8-23-39/h3-35H,1H2,2H3/b18-17-,37-19+. The Hall–Kier alpha value is -7.82. The van der Waals surface area contributed by atoms with Gasteiger partial charge in [-0.15, -0.1) is 0 Å². The van der Waals surface area contributed by atoms with Gasteiger partial charge in [-0.1, -0.05) is 134 Å². The van der Waals surface area contributed by atoms with Crippen molar-refractivity contribution >= 4 is 98.6 Å². The van der Waals surface area contributed by atoms with Crippen LogP contribution in [0.15, 0.2) is 207 Å². The van der Waals surface area contributed by atoms with Gasteiger partial charge in [-0.3, -0.25) is 0 Å². The number of para-hydroxylation sites is 6. The minimum absolute atomic E-state index is 0.903. The Bertz CT molecular complexity index is 3730. The van der Waals surface area contributed by atoms with E-state index in [1.54, 1.807) is 0 Å². The van der Waals surface area contributed by atoms with Gasteiger partial charge in [0.25, 0.3) is 0 Å². The molecule has 12 rings (SSSR count). The zero-order chi connectivity index (χ0) is 39.2. The van der Waals surface area contributed by atoms with Crippen LogP contribution in [0.3, 0.4) is 0 Å². The number of allylic oxidation sites excluding steroid dienone is 5. The second kappa shape index (κ2) is 12.9. The van der Waals surface area contributed by atoms with E-state index in [-0.39, 0.29) is 0 Å². The average molecular weight is 755 g/mol. The molecular weight excluding hydrogens is 717 g/mol. The Kier molecular flexibility index (Phi) is 7.26. The molecule has 0 saturated carbocycles. The summed E-state index contributed by atoms with van der Waals surface area (Å²) in [5, 5.41) is 9.86. The molecule has 4 heteroatoms. The molecule has 59 heavy (non-hydrogen) atoms. The summed E-state index contributed by atoms with van der Waals surface area (Å²) in [5.41, 5.74) is 13.8. The highest BCUT2D eigenvalue weighted by molar-refractivity contribution is 6.28.